The second-order valence-corrected chi connectivity index (χ2v) is 5.55. The minimum absolute atomic E-state index is 0.0875. The smallest absolute Gasteiger partial charge is 0.130 e. The first-order valence-electron chi connectivity index (χ1n) is 5.65. The molecule has 2 unspecified atom stereocenters. The van der Waals surface area contributed by atoms with Crippen molar-refractivity contribution in [3.05, 3.63) is 33.0 Å². The lowest BCUT2D eigenvalue weighted by molar-refractivity contribution is 0.110. The summed E-state index contributed by atoms with van der Waals surface area (Å²) in [5.74, 6) is -0.429. The van der Waals surface area contributed by atoms with Crippen LogP contribution in [0.3, 0.4) is 0 Å². The van der Waals surface area contributed by atoms with Crippen molar-refractivity contribution >= 4 is 27.5 Å². The van der Waals surface area contributed by atoms with Crippen molar-refractivity contribution in [2.45, 2.75) is 31.4 Å². The molecule has 94 valence electrons. The minimum atomic E-state index is -0.846. The number of benzene rings is 1. The molecular formula is C12H14BrClFNO. The fourth-order valence-corrected chi connectivity index (χ4v) is 2.62. The fraction of sp³-hybridized carbons (Fsp3) is 0.500. The van der Waals surface area contributed by atoms with E-state index in [1.54, 1.807) is 0 Å². The molecule has 17 heavy (non-hydrogen) atoms. The maximum absolute atomic E-state index is 13.8. The Kier molecular flexibility index (Phi) is 4.42. The Morgan fingerprint density at radius 3 is 2.88 bits per heavy atom. The molecule has 0 amide bonds. The van der Waals surface area contributed by atoms with Gasteiger partial charge in [-0.3, -0.25) is 0 Å². The summed E-state index contributed by atoms with van der Waals surface area (Å²) in [6, 6.07) is 2.70. The van der Waals surface area contributed by atoms with Crippen LogP contribution in [0.2, 0.25) is 5.02 Å². The van der Waals surface area contributed by atoms with Gasteiger partial charge in [-0.15, -0.1) is 0 Å². The summed E-state index contributed by atoms with van der Waals surface area (Å²) in [4.78, 5) is 0. The van der Waals surface area contributed by atoms with Crippen LogP contribution in [-0.2, 0) is 0 Å². The standard InChI is InChI=1S/C12H14BrClFNO/c13-8-6-10(15)7(5-9(8)14)12(17)11-3-1-2-4-16-11/h5-6,11-12,16-17H,1-4H2. The summed E-state index contributed by atoms with van der Waals surface area (Å²) >= 11 is 9.08. The Morgan fingerprint density at radius 1 is 1.47 bits per heavy atom. The van der Waals surface area contributed by atoms with Gasteiger partial charge in [-0.05, 0) is 47.4 Å². The van der Waals surface area contributed by atoms with Crippen molar-refractivity contribution in [1.82, 2.24) is 5.32 Å². The number of halogens is 3. The molecule has 0 radical (unpaired) electrons. The third kappa shape index (κ3) is 2.99. The highest BCUT2D eigenvalue weighted by molar-refractivity contribution is 9.10. The molecule has 0 aliphatic carbocycles. The van der Waals surface area contributed by atoms with Crippen LogP contribution in [0.4, 0.5) is 4.39 Å². The molecule has 1 aliphatic rings. The van der Waals surface area contributed by atoms with Crippen molar-refractivity contribution in [1.29, 1.82) is 0 Å². The third-order valence-electron chi connectivity index (χ3n) is 3.09. The lowest BCUT2D eigenvalue weighted by Gasteiger charge is -2.28. The molecule has 1 aromatic rings. The van der Waals surface area contributed by atoms with Gasteiger partial charge in [-0.25, -0.2) is 4.39 Å². The number of aliphatic hydroxyl groups is 1. The van der Waals surface area contributed by atoms with Gasteiger partial charge in [0.05, 0.1) is 11.1 Å². The zero-order chi connectivity index (χ0) is 12.4. The van der Waals surface area contributed by atoms with E-state index in [9.17, 15) is 9.50 Å². The summed E-state index contributed by atoms with van der Waals surface area (Å²) < 4.78 is 14.3. The fourth-order valence-electron chi connectivity index (χ4n) is 2.13. The number of nitrogens with one attached hydrogen (secondary N) is 1. The van der Waals surface area contributed by atoms with Crippen molar-refractivity contribution in [3.63, 3.8) is 0 Å². The second-order valence-electron chi connectivity index (χ2n) is 4.29. The number of piperidine rings is 1. The van der Waals surface area contributed by atoms with Gasteiger partial charge in [-0.2, -0.15) is 0 Å². The van der Waals surface area contributed by atoms with Crippen LogP contribution in [0.25, 0.3) is 0 Å². The minimum Gasteiger partial charge on any atom is -0.387 e. The maximum atomic E-state index is 13.8. The number of rotatable bonds is 2. The molecule has 1 heterocycles. The SMILES string of the molecule is OC(c1cc(Cl)c(Br)cc1F)C1CCCCN1. The predicted molar refractivity (Wildman–Crippen MR) is 69.7 cm³/mol. The molecule has 2 rings (SSSR count). The Labute approximate surface area is 113 Å². The van der Waals surface area contributed by atoms with Crippen LogP contribution in [0.15, 0.2) is 16.6 Å². The Hall–Kier alpha value is -0.160. The highest BCUT2D eigenvalue weighted by Gasteiger charge is 2.25. The second kappa shape index (κ2) is 5.65. The Balaban J connectivity index is 2.23. The molecule has 1 aromatic carbocycles. The molecule has 1 aliphatic heterocycles. The summed E-state index contributed by atoms with van der Waals surface area (Å²) in [6.45, 7) is 0.869. The van der Waals surface area contributed by atoms with Crippen LogP contribution in [0, 0.1) is 5.82 Å². The van der Waals surface area contributed by atoms with E-state index in [1.807, 2.05) is 0 Å². The lowest BCUT2D eigenvalue weighted by Crippen LogP contribution is -2.39. The normalized spacial score (nSPS) is 22.5. The third-order valence-corrected chi connectivity index (χ3v) is 4.28. The molecule has 0 bridgehead atoms. The van der Waals surface area contributed by atoms with Crippen molar-refractivity contribution in [3.8, 4) is 0 Å². The maximum Gasteiger partial charge on any atom is 0.130 e. The van der Waals surface area contributed by atoms with Gasteiger partial charge in [0.1, 0.15) is 5.82 Å². The zero-order valence-corrected chi connectivity index (χ0v) is 11.6. The van der Waals surface area contributed by atoms with E-state index < -0.39 is 11.9 Å². The Bertz CT molecular complexity index is 410. The molecule has 5 heteroatoms. The summed E-state index contributed by atoms with van der Waals surface area (Å²) in [5.41, 5.74) is 0.262. The summed E-state index contributed by atoms with van der Waals surface area (Å²) in [6.07, 6.45) is 2.17. The highest BCUT2D eigenvalue weighted by atomic mass is 79.9. The quantitative estimate of drug-likeness (QED) is 0.818. The van der Waals surface area contributed by atoms with Gasteiger partial charge in [0.25, 0.3) is 0 Å². The van der Waals surface area contributed by atoms with E-state index in [0.717, 1.165) is 25.8 Å². The van der Waals surface area contributed by atoms with Gasteiger partial charge in [0, 0.05) is 16.1 Å². The molecule has 1 fully saturated rings. The molecular weight excluding hydrogens is 308 g/mol. The van der Waals surface area contributed by atoms with E-state index in [0.29, 0.717) is 9.50 Å². The van der Waals surface area contributed by atoms with Gasteiger partial charge in [-0.1, -0.05) is 18.0 Å². The molecule has 0 spiro atoms. The first-order chi connectivity index (χ1) is 8.09. The predicted octanol–water partition coefficient (Wildman–Crippen LogP) is 3.42. The van der Waals surface area contributed by atoms with Crippen molar-refractivity contribution in [2.24, 2.45) is 0 Å². The molecule has 0 aromatic heterocycles. The van der Waals surface area contributed by atoms with E-state index in [2.05, 4.69) is 21.2 Å². The average molecular weight is 323 g/mol. The van der Waals surface area contributed by atoms with E-state index in [4.69, 9.17) is 11.6 Å². The van der Waals surface area contributed by atoms with Gasteiger partial charge in [0.2, 0.25) is 0 Å². The molecule has 2 N–H and O–H groups in total. The van der Waals surface area contributed by atoms with Crippen LogP contribution in [0.5, 0.6) is 0 Å². The first-order valence-corrected chi connectivity index (χ1v) is 6.82. The number of aliphatic hydroxyl groups excluding tert-OH is 1. The Morgan fingerprint density at radius 2 is 2.24 bits per heavy atom. The van der Waals surface area contributed by atoms with Crippen LogP contribution < -0.4 is 5.32 Å². The van der Waals surface area contributed by atoms with E-state index >= 15 is 0 Å². The van der Waals surface area contributed by atoms with Crippen molar-refractivity contribution < 1.29 is 9.50 Å². The first kappa shape index (κ1) is 13.3. The zero-order valence-electron chi connectivity index (χ0n) is 9.22. The van der Waals surface area contributed by atoms with Crippen LogP contribution in [0.1, 0.15) is 30.9 Å². The topological polar surface area (TPSA) is 32.3 Å². The average Bonchev–Trinajstić information content (AvgIpc) is 2.34. The van der Waals surface area contributed by atoms with Gasteiger partial charge in [0.15, 0.2) is 0 Å². The number of hydrogen-bond acceptors (Lipinski definition) is 2. The monoisotopic (exact) mass is 321 g/mol. The van der Waals surface area contributed by atoms with E-state index in [-0.39, 0.29) is 11.6 Å². The molecule has 2 atom stereocenters. The molecule has 1 saturated heterocycles. The lowest BCUT2D eigenvalue weighted by atomic mass is 9.95. The highest BCUT2D eigenvalue weighted by Crippen LogP contribution is 2.31. The van der Waals surface area contributed by atoms with Gasteiger partial charge >= 0.3 is 0 Å². The van der Waals surface area contributed by atoms with Crippen LogP contribution in [-0.4, -0.2) is 17.7 Å². The molecule has 2 nitrogen and oxygen atoms in total. The molecule has 0 saturated carbocycles. The van der Waals surface area contributed by atoms with Crippen LogP contribution >= 0.6 is 27.5 Å². The summed E-state index contributed by atoms with van der Waals surface area (Å²) in [5, 5.41) is 13.8. The largest absolute Gasteiger partial charge is 0.387 e. The summed E-state index contributed by atoms with van der Waals surface area (Å²) in [7, 11) is 0. The number of hydrogen-bond donors (Lipinski definition) is 2. The van der Waals surface area contributed by atoms with E-state index in [1.165, 1.54) is 12.1 Å². The van der Waals surface area contributed by atoms with Crippen molar-refractivity contribution in [2.75, 3.05) is 6.54 Å². The van der Waals surface area contributed by atoms with Gasteiger partial charge < -0.3 is 10.4 Å².